The summed E-state index contributed by atoms with van der Waals surface area (Å²) in [5, 5.41) is 12.4. The normalized spacial score (nSPS) is 23.4. The Labute approximate surface area is 162 Å². The first kappa shape index (κ1) is 18.6. The van der Waals surface area contributed by atoms with E-state index in [1.165, 1.54) is 0 Å². The number of fused-ring (bicyclic) bond motifs is 1. The van der Waals surface area contributed by atoms with Gasteiger partial charge in [0.2, 0.25) is 11.8 Å². The molecular weight excluding hydrogens is 364 g/mol. The summed E-state index contributed by atoms with van der Waals surface area (Å²) >= 11 is 0. The lowest BCUT2D eigenvalue weighted by Crippen LogP contribution is -2.57. The largest absolute Gasteiger partial charge is 0.486 e. The Kier molecular flexibility index (Phi) is 4.87. The lowest BCUT2D eigenvalue weighted by Gasteiger charge is -2.34. The maximum Gasteiger partial charge on any atom is 0.329 e. The molecule has 8 heteroatoms. The highest BCUT2D eigenvalue weighted by Crippen LogP contribution is 2.36. The maximum absolute atomic E-state index is 12.8. The number of carboxylic acids is 1. The van der Waals surface area contributed by atoms with Gasteiger partial charge >= 0.3 is 5.97 Å². The van der Waals surface area contributed by atoms with Crippen molar-refractivity contribution in [1.82, 2.24) is 5.32 Å². The second-order valence-corrected chi connectivity index (χ2v) is 7.67. The third-order valence-electron chi connectivity index (χ3n) is 5.81. The van der Waals surface area contributed by atoms with E-state index in [0.29, 0.717) is 43.2 Å². The molecule has 4 rings (SSSR count). The molecule has 1 unspecified atom stereocenters. The number of anilines is 1. The molecule has 3 aliphatic rings. The zero-order valence-corrected chi connectivity index (χ0v) is 15.6. The average Bonchev–Trinajstić information content (AvgIpc) is 3.10. The molecular formula is C20H24N2O6. The minimum atomic E-state index is -1.21. The van der Waals surface area contributed by atoms with E-state index in [0.717, 1.165) is 19.3 Å². The molecule has 1 aromatic carbocycles. The molecule has 8 nitrogen and oxygen atoms in total. The molecule has 0 spiro atoms. The molecule has 2 fully saturated rings. The second kappa shape index (κ2) is 7.33. The molecule has 0 aromatic heterocycles. The summed E-state index contributed by atoms with van der Waals surface area (Å²) in [4.78, 5) is 38.6. The molecule has 1 atom stereocenters. The van der Waals surface area contributed by atoms with Crippen LogP contribution in [0.5, 0.6) is 11.5 Å². The summed E-state index contributed by atoms with van der Waals surface area (Å²) in [5.41, 5.74) is -0.557. The Bertz CT molecular complexity index is 802. The highest BCUT2D eigenvalue weighted by molar-refractivity contribution is 6.01. The Morgan fingerprint density at radius 2 is 1.82 bits per heavy atom. The van der Waals surface area contributed by atoms with Crippen LogP contribution in [-0.4, -0.2) is 48.2 Å². The van der Waals surface area contributed by atoms with Crippen LogP contribution in [0.2, 0.25) is 0 Å². The first-order valence-electron chi connectivity index (χ1n) is 9.74. The fourth-order valence-corrected chi connectivity index (χ4v) is 4.22. The molecule has 2 aliphatic heterocycles. The van der Waals surface area contributed by atoms with Gasteiger partial charge in [-0.3, -0.25) is 9.59 Å². The molecule has 2 N–H and O–H groups in total. The number of benzene rings is 1. The van der Waals surface area contributed by atoms with E-state index in [1.54, 1.807) is 23.1 Å². The number of carboxylic acid groups (broad SMARTS) is 1. The zero-order valence-electron chi connectivity index (χ0n) is 15.6. The number of carbonyl (C=O) groups is 3. The van der Waals surface area contributed by atoms with Crippen molar-refractivity contribution >= 4 is 23.5 Å². The molecule has 1 aromatic rings. The van der Waals surface area contributed by atoms with Gasteiger partial charge in [-0.2, -0.15) is 0 Å². The molecule has 0 bridgehead atoms. The van der Waals surface area contributed by atoms with Gasteiger partial charge in [0.25, 0.3) is 0 Å². The van der Waals surface area contributed by atoms with Crippen LogP contribution >= 0.6 is 0 Å². The van der Waals surface area contributed by atoms with E-state index >= 15 is 0 Å². The minimum absolute atomic E-state index is 0.0655. The van der Waals surface area contributed by atoms with Gasteiger partial charge in [0.15, 0.2) is 11.5 Å². The highest BCUT2D eigenvalue weighted by atomic mass is 16.6. The number of carbonyl (C=O) groups excluding carboxylic acids is 2. The Balaban J connectivity index is 1.47. The van der Waals surface area contributed by atoms with Crippen LogP contribution in [0.3, 0.4) is 0 Å². The zero-order chi connectivity index (χ0) is 19.7. The quantitative estimate of drug-likeness (QED) is 0.814. The first-order chi connectivity index (χ1) is 13.5. The number of aliphatic carboxylic acids is 1. The van der Waals surface area contributed by atoms with E-state index in [2.05, 4.69) is 5.32 Å². The molecule has 0 radical (unpaired) electrons. The molecule has 28 heavy (non-hydrogen) atoms. The van der Waals surface area contributed by atoms with E-state index in [4.69, 9.17) is 9.47 Å². The van der Waals surface area contributed by atoms with Crippen LogP contribution in [0.1, 0.15) is 38.5 Å². The van der Waals surface area contributed by atoms with Gasteiger partial charge in [-0.25, -0.2) is 4.79 Å². The van der Waals surface area contributed by atoms with Crippen LogP contribution in [0.15, 0.2) is 18.2 Å². The number of nitrogens with zero attached hydrogens (tertiary/aromatic N) is 1. The molecule has 2 amide bonds. The summed E-state index contributed by atoms with van der Waals surface area (Å²) in [5.74, 6) is -0.872. The van der Waals surface area contributed by atoms with Crippen molar-refractivity contribution in [2.45, 2.75) is 44.1 Å². The van der Waals surface area contributed by atoms with Gasteiger partial charge in [-0.1, -0.05) is 19.3 Å². The van der Waals surface area contributed by atoms with E-state index in [1.807, 2.05) is 0 Å². The summed E-state index contributed by atoms with van der Waals surface area (Å²) in [6.07, 6.45) is 3.46. The maximum atomic E-state index is 12.8. The molecule has 1 aliphatic carbocycles. The number of rotatable bonds is 4. The fourth-order valence-electron chi connectivity index (χ4n) is 4.22. The monoisotopic (exact) mass is 388 g/mol. The van der Waals surface area contributed by atoms with Gasteiger partial charge in [0, 0.05) is 24.7 Å². The number of hydrogen-bond acceptors (Lipinski definition) is 5. The topological polar surface area (TPSA) is 105 Å². The van der Waals surface area contributed by atoms with E-state index < -0.39 is 17.4 Å². The van der Waals surface area contributed by atoms with Crippen LogP contribution in [0.25, 0.3) is 0 Å². The summed E-state index contributed by atoms with van der Waals surface area (Å²) in [6.45, 7) is 1.16. The fraction of sp³-hybridized carbons (Fsp3) is 0.550. The molecule has 1 saturated heterocycles. The standard InChI is InChI=1S/C20H24N2O6/c23-17-10-13(18(24)21-20(19(25)26)6-2-1-3-7-20)12-22(17)14-4-5-15-16(11-14)28-9-8-27-15/h4-5,11,13H,1-3,6-10,12H2,(H,21,24)(H,25,26). The first-order valence-corrected chi connectivity index (χ1v) is 9.74. The third kappa shape index (κ3) is 3.39. The summed E-state index contributed by atoms with van der Waals surface area (Å²) < 4.78 is 11.1. The van der Waals surface area contributed by atoms with Gasteiger partial charge in [-0.15, -0.1) is 0 Å². The van der Waals surface area contributed by atoms with E-state index in [-0.39, 0.29) is 24.8 Å². The van der Waals surface area contributed by atoms with Gasteiger partial charge in [0.1, 0.15) is 18.8 Å². The van der Waals surface area contributed by atoms with E-state index in [9.17, 15) is 19.5 Å². The minimum Gasteiger partial charge on any atom is -0.486 e. The SMILES string of the molecule is O=C(NC1(C(=O)O)CCCCC1)C1CC(=O)N(c2ccc3c(c2)OCCO3)C1. The third-order valence-corrected chi connectivity index (χ3v) is 5.81. The van der Waals surface area contributed by atoms with Crippen molar-refractivity contribution in [1.29, 1.82) is 0 Å². The number of hydrogen-bond donors (Lipinski definition) is 2. The Morgan fingerprint density at radius 3 is 2.54 bits per heavy atom. The lowest BCUT2D eigenvalue weighted by molar-refractivity contribution is -0.149. The highest BCUT2D eigenvalue weighted by Gasteiger charge is 2.44. The van der Waals surface area contributed by atoms with Gasteiger partial charge in [-0.05, 0) is 25.0 Å². The summed E-state index contributed by atoms with van der Waals surface area (Å²) in [7, 11) is 0. The smallest absolute Gasteiger partial charge is 0.329 e. The molecule has 150 valence electrons. The summed E-state index contributed by atoms with van der Waals surface area (Å²) in [6, 6.07) is 5.27. The molecule has 2 heterocycles. The van der Waals surface area contributed by atoms with Gasteiger partial charge < -0.3 is 24.8 Å². The Hall–Kier alpha value is -2.77. The van der Waals surface area contributed by atoms with Crippen LogP contribution in [-0.2, 0) is 14.4 Å². The van der Waals surface area contributed by atoms with Crippen molar-refractivity contribution in [3.8, 4) is 11.5 Å². The van der Waals surface area contributed by atoms with Gasteiger partial charge in [0.05, 0.1) is 5.92 Å². The van der Waals surface area contributed by atoms with Crippen molar-refractivity contribution in [2.24, 2.45) is 5.92 Å². The second-order valence-electron chi connectivity index (χ2n) is 7.67. The lowest BCUT2D eigenvalue weighted by atomic mass is 9.81. The number of nitrogens with one attached hydrogen (secondary N) is 1. The predicted molar refractivity (Wildman–Crippen MR) is 99.5 cm³/mol. The number of amides is 2. The number of ether oxygens (including phenoxy) is 2. The van der Waals surface area contributed by atoms with Crippen LogP contribution in [0.4, 0.5) is 5.69 Å². The predicted octanol–water partition coefficient (Wildman–Crippen LogP) is 1.71. The van der Waals surface area contributed by atoms with Crippen molar-refractivity contribution < 1.29 is 29.0 Å². The van der Waals surface area contributed by atoms with Crippen molar-refractivity contribution in [2.75, 3.05) is 24.7 Å². The Morgan fingerprint density at radius 1 is 1.11 bits per heavy atom. The van der Waals surface area contributed by atoms with Crippen LogP contribution < -0.4 is 19.7 Å². The van der Waals surface area contributed by atoms with Crippen molar-refractivity contribution in [3.63, 3.8) is 0 Å². The van der Waals surface area contributed by atoms with Crippen LogP contribution in [0, 0.1) is 5.92 Å². The average molecular weight is 388 g/mol. The van der Waals surface area contributed by atoms with Crippen molar-refractivity contribution in [3.05, 3.63) is 18.2 Å². The molecule has 1 saturated carbocycles.